The molecule has 0 bridgehead atoms. The number of hydrogen-bond acceptors (Lipinski definition) is 3. The van der Waals surface area contributed by atoms with Crippen LogP contribution in [-0.4, -0.2) is 34.9 Å². The molecule has 104 valence electrons. The van der Waals surface area contributed by atoms with Crippen molar-refractivity contribution in [2.45, 2.75) is 19.9 Å². The zero-order chi connectivity index (χ0) is 14.1. The Labute approximate surface area is 116 Å². The summed E-state index contributed by atoms with van der Waals surface area (Å²) in [7, 11) is 0. The highest BCUT2D eigenvalue weighted by molar-refractivity contribution is 5.86. The number of ether oxygens (including phenoxy) is 1. The zero-order valence-corrected chi connectivity index (χ0v) is 11.3. The summed E-state index contributed by atoms with van der Waals surface area (Å²) in [6.07, 6.45) is 0.801. The molecule has 2 heterocycles. The zero-order valence-electron chi connectivity index (χ0n) is 11.3. The molecule has 1 aliphatic rings. The van der Waals surface area contributed by atoms with E-state index in [9.17, 15) is 9.59 Å². The number of amides is 1. The molecule has 1 aliphatic heterocycles. The maximum atomic E-state index is 12.0. The third-order valence-electron chi connectivity index (χ3n) is 3.63. The van der Waals surface area contributed by atoms with E-state index >= 15 is 0 Å². The first kappa shape index (κ1) is 12.7. The highest BCUT2D eigenvalue weighted by Crippen LogP contribution is 2.27. The number of esters is 1. The molecule has 5 nitrogen and oxygen atoms in total. The van der Waals surface area contributed by atoms with E-state index in [1.54, 1.807) is 4.90 Å². The maximum absolute atomic E-state index is 12.0. The molecular weight excluding hydrogens is 256 g/mol. The van der Waals surface area contributed by atoms with Gasteiger partial charge in [0.1, 0.15) is 0 Å². The third kappa shape index (κ3) is 2.27. The fourth-order valence-corrected chi connectivity index (χ4v) is 2.63. The second kappa shape index (κ2) is 5.00. The largest absolute Gasteiger partial charge is 0.456 e. The number of aromatic nitrogens is 1. The Bertz CT molecular complexity index is 675. The smallest absolute Gasteiger partial charge is 0.303 e. The van der Waals surface area contributed by atoms with Gasteiger partial charge in [-0.1, -0.05) is 18.2 Å². The Morgan fingerprint density at radius 3 is 2.95 bits per heavy atom. The average Bonchev–Trinajstić information content (AvgIpc) is 2.82. The molecule has 0 spiro atoms. The van der Waals surface area contributed by atoms with Gasteiger partial charge in [0.2, 0.25) is 0 Å². The molecule has 0 atom stereocenters. The van der Waals surface area contributed by atoms with Crippen LogP contribution in [0.3, 0.4) is 0 Å². The number of benzene rings is 1. The van der Waals surface area contributed by atoms with Crippen molar-refractivity contribution in [3.63, 3.8) is 0 Å². The fourth-order valence-electron chi connectivity index (χ4n) is 2.63. The van der Waals surface area contributed by atoms with Crippen LogP contribution in [-0.2, 0) is 27.3 Å². The number of nitrogens with one attached hydrogen (secondary N) is 1. The van der Waals surface area contributed by atoms with E-state index in [2.05, 4.69) is 11.1 Å². The number of H-pyrrole nitrogens is 1. The van der Waals surface area contributed by atoms with E-state index in [-0.39, 0.29) is 12.5 Å². The van der Waals surface area contributed by atoms with Gasteiger partial charge in [0.25, 0.3) is 5.91 Å². The Hall–Kier alpha value is -2.30. The molecule has 5 heteroatoms. The minimum Gasteiger partial charge on any atom is -0.456 e. The summed E-state index contributed by atoms with van der Waals surface area (Å²) in [5, 5.41) is 1.16. The lowest BCUT2D eigenvalue weighted by atomic mass is 10.0. The van der Waals surface area contributed by atoms with E-state index in [1.807, 2.05) is 18.2 Å². The molecule has 3 rings (SSSR count). The summed E-state index contributed by atoms with van der Waals surface area (Å²) in [4.78, 5) is 27.9. The quantitative estimate of drug-likeness (QED) is 0.845. The number of fused-ring (bicyclic) bond motifs is 3. The lowest BCUT2D eigenvalue weighted by Gasteiger charge is -2.27. The molecule has 1 N–H and O–H groups in total. The molecular formula is C15H16N2O3. The molecule has 1 aromatic heterocycles. The van der Waals surface area contributed by atoms with Crippen molar-refractivity contribution < 1.29 is 14.3 Å². The second-order valence-electron chi connectivity index (χ2n) is 4.97. The van der Waals surface area contributed by atoms with Gasteiger partial charge < -0.3 is 14.6 Å². The predicted molar refractivity (Wildman–Crippen MR) is 74.1 cm³/mol. The van der Waals surface area contributed by atoms with Crippen LogP contribution in [0.1, 0.15) is 18.2 Å². The second-order valence-corrected chi connectivity index (χ2v) is 4.97. The van der Waals surface area contributed by atoms with Gasteiger partial charge >= 0.3 is 5.97 Å². The van der Waals surface area contributed by atoms with Crippen molar-refractivity contribution in [2.75, 3.05) is 13.2 Å². The van der Waals surface area contributed by atoms with Gasteiger partial charge in [0.15, 0.2) is 6.61 Å². The van der Waals surface area contributed by atoms with E-state index in [0.717, 1.165) is 17.3 Å². The van der Waals surface area contributed by atoms with Gasteiger partial charge in [-0.3, -0.25) is 9.59 Å². The third-order valence-corrected chi connectivity index (χ3v) is 3.63. The topological polar surface area (TPSA) is 62.4 Å². The van der Waals surface area contributed by atoms with Crippen molar-refractivity contribution in [3.05, 3.63) is 35.5 Å². The Morgan fingerprint density at radius 2 is 2.15 bits per heavy atom. The summed E-state index contributed by atoms with van der Waals surface area (Å²) in [5.74, 6) is -0.570. The van der Waals surface area contributed by atoms with Crippen molar-refractivity contribution in [1.29, 1.82) is 0 Å². The SMILES string of the molecule is CC(=O)OCC(=O)N1CCc2[nH]c3ccccc3c2C1. The van der Waals surface area contributed by atoms with Crippen molar-refractivity contribution >= 4 is 22.8 Å². The molecule has 0 fully saturated rings. The van der Waals surface area contributed by atoms with Crippen LogP contribution >= 0.6 is 0 Å². The van der Waals surface area contributed by atoms with Gasteiger partial charge in [0, 0.05) is 48.6 Å². The number of nitrogens with zero attached hydrogens (tertiary/aromatic N) is 1. The van der Waals surface area contributed by atoms with Crippen LogP contribution in [0.15, 0.2) is 24.3 Å². The highest BCUT2D eigenvalue weighted by atomic mass is 16.5. The minimum atomic E-state index is -0.428. The van der Waals surface area contributed by atoms with Gasteiger partial charge in [-0.15, -0.1) is 0 Å². The molecule has 0 saturated carbocycles. The predicted octanol–water partition coefficient (Wildman–Crippen LogP) is 1.62. The van der Waals surface area contributed by atoms with Crippen LogP contribution in [0.2, 0.25) is 0 Å². The van der Waals surface area contributed by atoms with E-state index in [4.69, 9.17) is 4.74 Å². The summed E-state index contributed by atoms with van der Waals surface area (Å²) in [6.45, 7) is 2.35. The van der Waals surface area contributed by atoms with Crippen LogP contribution in [0.5, 0.6) is 0 Å². The average molecular weight is 272 g/mol. The van der Waals surface area contributed by atoms with Crippen molar-refractivity contribution in [1.82, 2.24) is 9.88 Å². The van der Waals surface area contributed by atoms with Gasteiger partial charge in [-0.05, 0) is 6.07 Å². The molecule has 0 aliphatic carbocycles. The van der Waals surface area contributed by atoms with E-state index in [0.29, 0.717) is 13.1 Å². The van der Waals surface area contributed by atoms with E-state index in [1.165, 1.54) is 18.2 Å². The summed E-state index contributed by atoms with van der Waals surface area (Å²) < 4.78 is 4.78. The number of aromatic amines is 1. The Balaban J connectivity index is 1.80. The molecule has 2 aromatic rings. The Kier molecular flexibility index (Phi) is 3.18. The fraction of sp³-hybridized carbons (Fsp3) is 0.333. The minimum absolute atomic E-state index is 0.142. The van der Waals surface area contributed by atoms with E-state index < -0.39 is 5.97 Å². The van der Waals surface area contributed by atoms with Crippen molar-refractivity contribution in [3.8, 4) is 0 Å². The highest BCUT2D eigenvalue weighted by Gasteiger charge is 2.24. The number of hydrogen-bond donors (Lipinski definition) is 1. The first-order valence-electron chi connectivity index (χ1n) is 6.65. The van der Waals surface area contributed by atoms with Gasteiger partial charge in [-0.2, -0.15) is 0 Å². The number of rotatable bonds is 2. The van der Waals surface area contributed by atoms with Crippen LogP contribution in [0.25, 0.3) is 10.9 Å². The Morgan fingerprint density at radius 1 is 1.35 bits per heavy atom. The number of carbonyl (C=O) groups excluding carboxylic acids is 2. The van der Waals surface area contributed by atoms with Crippen LogP contribution in [0, 0.1) is 0 Å². The number of para-hydroxylation sites is 1. The van der Waals surface area contributed by atoms with Gasteiger partial charge in [-0.25, -0.2) is 0 Å². The molecule has 0 unspecified atom stereocenters. The van der Waals surface area contributed by atoms with Crippen LogP contribution in [0.4, 0.5) is 0 Å². The normalized spacial score (nSPS) is 14.2. The summed E-state index contributed by atoms with van der Waals surface area (Å²) in [6, 6.07) is 8.09. The van der Waals surface area contributed by atoms with Gasteiger partial charge in [0.05, 0.1) is 0 Å². The summed E-state index contributed by atoms with van der Waals surface area (Å²) in [5.41, 5.74) is 3.47. The van der Waals surface area contributed by atoms with Crippen molar-refractivity contribution in [2.24, 2.45) is 0 Å². The van der Waals surface area contributed by atoms with Crippen LogP contribution < -0.4 is 0 Å². The molecule has 20 heavy (non-hydrogen) atoms. The molecule has 1 aromatic carbocycles. The monoisotopic (exact) mass is 272 g/mol. The first-order chi connectivity index (χ1) is 9.65. The number of carbonyl (C=O) groups is 2. The lowest BCUT2D eigenvalue weighted by molar-refractivity contribution is -0.150. The first-order valence-corrected chi connectivity index (χ1v) is 6.65. The lowest BCUT2D eigenvalue weighted by Crippen LogP contribution is -2.38. The molecule has 1 amide bonds. The standard InChI is InChI=1S/C15H16N2O3/c1-10(18)20-9-15(19)17-7-6-14-12(8-17)11-4-2-3-5-13(11)16-14/h2-5,16H,6-9H2,1H3. The maximum Gasteiger partial charge on any atom is 0.303 e. The molecule has 0 radical (unpaired) electrons. The summed E-state index contributed by atoms with van der Waals surface area (Å²) >= 11 is 0. The molecule has 0 saturated heterocycles.